The van der Waals surface area contributed by atoms with E-state index in [-0.39, 0.29) is 5.91 Å². The van der Waals surface area contributed by atoms with Crippen LogP contribution in [0.2, 0.25) is 0 Å². The molecule has 8 heteroatoms. The number of hydrogen-bond acceptors (Lipinski definition) is 7. The number of nitrogens with zero attached hydrogens (tertiary/aromatic N) is 3. The highest BCUT2D eigenvalue weighted by atomic mass is 32.2. The van der Waals surface area contributed by atoms with Crippen LogP contribution in [0.4, 0.5) is 5.69 Å². The molecule has 0 aliphatic rings. The lowest BCUT2D eigenvalue weighted by Crippen LogP contribution is -2.13. The minimum Gasteiger partial charge on any atom is -0.325 e. The Balaban J connectivity index is 1.46. The maximum atomic E-state index is 12.2. The molecule has 5 nitrogen and oxygen atoms in total. The van der Waals surface area contributed by atoms with Crippen LogP contribution in [0.1, 0.15) is 5.01 Å². The summed E-state index contributed by atoms with van der Waals surface area (Å²) < 4.78 is 1.96. The van der Waals surface area contributed by atoms with E-state index < -0.39 is 0 Å². The van der Waals surface area contributed by atoms with Gasteiger partial charge >= 0.3 is 0 Å². The van der Waals surface area contributed by atoms with Crippen molar-refractivity contribution in [3.8, 4) is 10.6 Å². The second-order valence-electron chi connectivity index (χ2n) is 5.49. The van der Waals surface area contributed by atoms with Crippen molar-refractivity contribution in [3.05, 3.63) is 53.5 Å². The van der Waals surface area contributed by atoms with Gasteiger partial charge in [0.05, 0.1) is 16.0 Å². The molecule has 0 spiro atoms. The van der Waals surface area contributed by atoms with Crippen molar-refractivity contribution in [2.45, 2.75) is 11.3 Å². The highest BCUT2D eigenvalue weighted by Gasteiger charge is 2.09. The molecule has 4 aromatic rings. The Morgan fingerprint density at radius 3 is 2.81 bits per heavy atom. The third-order valence-electron chi connectivity index (χ3n) is 3.52. The number of nitrogens with one attached hydrogen (secondary N) is 1. The Labute approximate surface area is 162 Å². The molecule has 0 saturated carbocycles. The highest BCUT2D eigenvalue weighted by Crippen LogP contribution is 2.31. The number of para-hydroxylation sites is 1. The van der Waals surface area contributed by atoms with Gasteiger partial charge in [0, 0.05) is 11.3 Å². The number of hydrogen-bond donors (Lipinski definition) is 1. The van der Waals surface area contributed by atoms with E-state index in [9.17, 15) is 4.79 Å². The van der Waals surface area contributed by atoms with Crippen LogP contribution < -0.4 is 5.32 Å². The first kappa shape index (κ1) is 17.1. The van der Waals surface area contributed by atoms with Crippen molar-refractivity contribution >= 4 is 56.2 Å². The van der Waals surface area contributed by atoms with Gasteiger partial charge in [0.15, 0.2) is 4.34 Å². The third-order valence-corrected chi connectivity index (χ3v) is 6.58. The standard InChI is InChI=1S/C18H14N4OS3/c1-11-21-22-18(25-11)24-10-16(23)19-13-6-4-5-12(9-13)17-20-14-7-2-3-8-15(14)26-17/h2-9H,10H2,1H3,(H,19,23). The van der Waals surface area contributed by atoms with Gasteiger partial charge in [0.2, 0.25) is 5.91 Å². The maximum absolute atomic E-state index is 12.2. The first-order chi connectivity index (χ1) is 12.7. The number of thiazole rings is 1. The third kappa shape index (κ3) is 3.92. The van der Waals surface area contributed by atoms with Crippen molar-refractivity contribution in [3.63, 3.8) is 0 Å². The zero-order valence-electron chi connectivity index (χ0n) is 13.8. The Bertz CT molecular complexity index is 1040. The van der Waals surface area contributed by atoms with E-state index in [1.54, 1.807) is 11.3 Å². The Morgan fingerprint density at radius 2 is 2.00 bits per heavy atom. The number of benzene rings is 2. The van der Waals surface area contributed by atoms with Crippen LogP contribution >= 0.6 is 34.4 Å². The SMILES string of the molecule is Cc1nnc(SCC(=O)Nc2cccc(-c3nc4ccccc4s3)c2)s1. The molecule has 2 heterocycles. The molecule has 0 saturated heterocycles. The lowest BCUT2D eigenvalue weighted by atomic mass is 10.2. The average molecular weight is 399 g/mol. The summed E-state index contributed by atoms with van der Waals surface area (Å²) in [5, 5.41) is 12.7. The van der Waals surface area contributed by atoms with Crippen LogP contribution in [-0.4, -0.2) is 26.8 Å². The summed E-state index contributed by atoms with van der Waals surface area (Å²) in [5.41, 5.74) is 2.75. The molecule has 130 valence electrons. The predicted octanol–water partition coefficient (Wildman–Crippen LogP) is 4.85. The van der Waals surface area contributed by atoms with E-state index in [4.69, 9.17) is 0 Å². The molecule has 26 heavy (non-hydrogen) atoms. The molecule has 0 unspecified atom stereocenters. The number of rotatable bonds is 5. The van der Waals surface area contributed by atoms with Crippen LogP contribution in [0.3, 0.4) is 0 Å². The van der Waals surface area contributed by atoms with Crippen molar-refractivity contribution < 1.29 is 4.79 Å². The molecule has 1 N–H and O–H groups in total. The molecule has 4 rings (SSSR count). The lowest BCUT2D eigenvalue weighted by Gasteiger charge is -2.05. The van der Waals surface area contributed by atoms with Gasteiger partial charge in [0.1, 0.15) is 10.0 Å². The number of thioether (sulfide) groups is 1. The van der Waals surface area contributed by atoms with E-state index in [0.29, 0.717) is 5.75 Å². The molecular formula is C18H14N4OS3. The molecule has 0 aliphatic heterocycles. The second-order valence-corrected chi connectivity index (χ2v) is 8.93. The smallest absolute Gasteiger partial charge is 0.234 e. The maximum Gasteiger partial charge on any atom is 0.234 e. The van der Waals surface area contributed by atoms with Gasteiger partial charge in [-0.1, -0.05) is 47.4 Å². The Kier molecular flexibility index (Phi) is 4.96. The van der Waals surface area contributed by atoms with Gasteiger partial charge in [0.25, 0.3) is 0 Å². The summed E-state index contributed by atoms with van der Waals surface area (Å²) in [4.78, 5) is 16.9. The molecule has 0 atom stereocenters. The minimum atomic E-state index is -0.0655. The molecule has 2 aromatic heterocycles. The molecule has 0 aliphatic carbocycles. The first-order valence-electron chi connectivity index (χ1n) is 7.86. The topological polar surface area (TPSA) is 67.8 Å². The number of aryl methyl sites for hydroxylation is 1. The highest BCUT2D eigenvalue weighted by molar-refractivity contribution is 8.01. The average Bonchev–Trinajstić information content (AvgIpc) is 3.26. The predicted molar refractivity (Wildman–Crippen MR) is 109 cm³/mol. The van der Waals surface area contributed by atoms with Crippen LogP contribution in [0.15, 0.2) is 52.9 Å². The summed E-state index contributed by atoms with van der Waals surface area (Å²) >= 11 is 4.53. The molecule has 0 radical (unpaired) electrons. The van der Waals surface area contributed by atoms with Gasteiger partial charge < -0.3 is 5.32 Å². The normalized spacial score (nSPS) is 11.0. The van der Waals surface area contributed by atoms with Gasteiger partial charge in [-0.25, -0.2) is 4.98 Å². The second kappa shape index (κ2) is 7.53. The van der Waals surface area contributed by atoms with E-state index in [1.165, 1.54) is 23.1 Å². The summed E-state index contributed by atoms with van der Waals surface area (Å²) in [6.07, 6.45) is 0. The Morgan fingerprint density at radius 1 is 1.12 bits per heavy atom. The molecule has 0 bridgehead atoms. The number of anilines is 1. The summed E-state index contributed by atoms with van der Waals surface area (Å²) in [6, 6.07) is 15.8. The van der Waals surface area contributed by atoms with Gasteiger partial charge in [-0.15, -0.1) is 21.5 Å². The van der Waals surface area contributed by atoms with Gasteiger partial charge in [-0.3, -0.25) is 4.79 Å². The van der Waals surface area contributed by atoms with Crippen LogP contribution in [0, 0.1) is 6.92 Å². The van der Waals surface area contributed by atoms with Crippen LogP contribution in [0.5, 0.6) is 0 Å². The molecule has 0 fully saturated rings. The number of amides is 1. The largest absolute Gasteiger partial charge is 0.325 e. The summed E-state index contributed by atoms with van der Waals surface area (Å²) in [7, 11) is 0. The van der Waals surface area contributed by atoms with Crippen molar-refractivity contribution in [2.24, 2.45) is 0 Å². The molecule has 2 aromatic carbocycles. The number of carbonyl (C=O) groups excluding carboxylic acids is 1. The summed E-state index contributed by atoms with van der Waals surface area (Å²) in [6.45, 7) is 1.90. The summed E-state index contributed by atoms with van der Waals surface area (Å²) in [5.74, 6) is 0.240. The molecule has 1 amide bonds. The lowest BCUT2D eigenvalue weighted by molar-refractivity contribution is -0.113. The van der Waals surface area contributed by atoms with E-state index in [1.807, 2.05) is 49.4 Å². The van der Waals surface area contributed by atoms with Gasteiger partial charge in [-0.05, 0) is 31.2 Å². The zero-order chi connectivity index (χ0) is 17.9. The monoisotopic (exact) mass is 398 g/mol. The Hall–Kier alpha value is -2.29. The van der Waals surface area contributed by atoms with Crippen LogP contribution in [0.25, 0.3) is 20.8 Å². The fourth-order valence-corrected chi connectivity index (χ4v) is 4.96. The van der Waals surface area contributed by atoms with E-state index in [0.717, 1.165) is 35.8 Å². The van der Waals surface area contributed by atoms with E-state index >= 15 is 0 Å². The molecular weight excluding hydrogens is 384 g/mol. The van der Waals surface area contributed by atoms with Gasteiger partial charge in [-0.2, -0.15) is 0 Å². The minimum absolute atomic E-state index is 0.0655. The number of aromatic nitrogens is 3. The zero-order valence-corrected chi connectivity index (χ0v) is 16.3. The quantitative estimate of drug-likeness (QED) is 0.487. The van der Waals surface area contributed by atoms with Crippen molar-refractivity contribution in [1.29, 1.82) is 0 Å². The number of carbonyl (C=O) groups is 1. The fourth-order valence-electron chi connectivity index (χ4n) is 2.39. The van der Waals surface area contributed by atoms with Crippen LogP contribution in [-0.2, 0) is 4.79 Å². The van der Waals surface area contributed by atoms with E-state index in [2.05, 4.69) is 26.6 Å². The number of fused-ring (bicyclic) bond motifs is 1. The fraction of sp³-hybridized carbons (Fsp3) is 0.111. The van der Waals surface area contributed by atoms with Crippen molar-refractivity contribution in [1.82, 2.24) is 15.2 Å². The first-order valence-corrected chi connectivity index (χ1v) is 10.5. The van der Waals surface area contributed by atoms with Crippen molar-refractivity contribution in [2.75, 3.05) is 11.1 Å².